The Kier molecular flexibility index (Phi) is 6.49. The molecule has 0 spiro atoms. The monoisotopic (exact) mass is 268 g/mol. The van der Waals surface area contributed by atoms with Crippen molar-refractivity contribution in [3.8, 4) is 12.0 Å². The average Bonchev–Trinajstić information content (AvgIpc) is 2.42. The van der Waals surface area contributed by atoms with Gasteiger partial charge in [-0.3, -0.25) is 0 Å². The summed E-state index contributed by atoms with van der Waals surface area (Å²) < 4.78 is 10.1. The van der Waals surface area contributed by atoms with Crippen molar-refractivity contribution in [1.29, 1.82) is 0 Å². The summed E-state index contributed by atoms with van der Waals surface area (Å²) in [4.78, 5) is 12.5. The van der Waals surface area contributed by atoms with Crippen LogP contribution in [0.2, 0.25) is 0 Å². The van der Waals surface area contributed by atoms with Crippen molar-refractivity contribution in [3.05, 3.63) is 5.82 Å². The van der Waals surface area contributed by atoms with Gasteiger partial charge in [-0.25, -0.2) is 0 Å². The normalized spacial score (nSPS) is 12.5. The Balaban J connectivity index is 2.82. The van der Waals surface area contributed by atoms with E-state index in [9.17, 15) is 0 Å². The number of aromatic nitrogens is 3. The molecule has 1 heterocycles. The summed E-state index contributed by atoms with van der Waals surface area (Å²) in [5, 5.41) is 3.51. The van der Waals surface area contributed by atoms with Gasteiger partial charge in [-0.05, 0) is 18.9 Å². The average molecular weight is 268 g/mol. The largest absolute Gasteiger partial charge is 0.467 e. The fraction of sp³-hybridized carbons (Fsp3) is 0.769. The molecule has 0 saturated carbocycles. The van der Waals surface area contributed by atoms with Crippen molar-refractivity contribution in [1.82, 2.24) is 20.3 Å². The minimum atomic E-state index is 0.292. The maximum absolute atomic E-state index is 5.06. The molecule has 1 rings (SSSR count). The van der Waals surface area contributed by atoms with Crippen LogP contribution in [0.3, 0.4) is 0 Å². The van der Waals surface area contributed by atoms with Gasteiger partial charge in [0.25, 0.3) is 0 Å². The van der Waals surface area contributed by atoms with Crippen LogP contribution in [0.5, 0.6) is 12.0 Å². The maximum Gasteiger partial charge on any atom is 0.322 e. The highest BCUT2D eigenvalue weighted by atomic mass is 16.5. The Morgan fingerprint density at radius 1 is 1.05 bits per heavy atom. The quantitative estimate of drug-likeness (QED) is 0.769. The molecule has 19 heavy (non-hydrogen) atoms. The van der Waals surface area contributed by atoms with E-state index in [4.69, 9.17) is 9.47 Å². The zero-order valence-corrected chi connectivity index (χ0v) is 12.4. The van der Waals surface area contributed by atoms with Gasteiger partial charge in [0.2, 0.25) is 0 Å². The molecule has 0 radical (unpaired) electrons. The van der Waals surface area contributed by atoms with E-state index in [1.807, 2.05) is 0 Å². The molecule has 0 aromatic carbocycles. The van der Waals surface area contributed by atoms with Gasteiger partial charge >= 0.3 is 12.0 Å². The van der Waals surface area contributed by atoms with Gasteiger partial charge in [-0.2, -0.15) is 9.97 Å². The first-order valence-corrected chi connectivity index (χ1v) is 6.67. The molecular formula is C13H24N4O2. The third-order valence-corrected chi connectivity index (χ3v) is 2.87. The van der Waals surface area contributed by atoms with E-state index in [-0.39, 0.29) is 0 Å². The third-order valence-electron chi connectivity index (χ3n) is 2.87. The highest BCUT2D eigenvalue weighted by molar-refractivity contribution is 5.06. The molecule has 1 aromatic heterocycles. The lowest BCUT2D eigenvalue weighted by molar-refractivity contribution is 0.330. The fourth-order valence-corrected chi connectivity index (χ4v) is 1.72. The third kappa shape index (κ3) is 4.98. The Bertz CT molecular complexity index is 363. The van der Waals surface area contributed by atoms with Crippen molar-refractivity contribution in [2.24, 2.45) is 5.92 Å². The Labute approximate surface area is 115 Å². The summed E-state index contributed by atoms with van der Waals surface area (Å²) in [6.07, 6.45) is 1.83. The van der Waals surface area contributed by atoms with E-state index in [1.165, 1.54) is 14.2 Å². The Morgan fingerprint density at radius 3 is 2.05 bits per heavy atom. The van der Waals surface area contributed by atoms with E-state index in [0.717, 1.165) is 19.4 Å². The topological polar surface area (TPSA) is 69.2 Å². The van der Waals surface area contributed by atoms with Gasteiger partial charge in [0.05, 0.1) is 14.2 Å². The van der Waals surface area contributed by atoms with Crippen LogP contribution in [0.4, 0.5) is 0 Å². The summed E-state index contributed by atoms with van der Waals surface area (Å²) in [5.41, 5.74) is 0. The Morgan fingerprint density at radius 2 is 1.63 bits per heavy atom. The zero-order valence-electron chi connectivity index (χ0n) is 12.4. The maximum atomic E-state index is 5.06. The molecule has 0 bridgehead atoms. The van der Waals surface area contributed by atoms with Crippen molar-refractivity contribution in [3.63, 3.8) is 0 Å². The molecule has 1 N–H and O–H groups in total. The van der Waals surface area contributed by atoms with Gasteiger partial charge < -0.3 is 14.8 Å². The lowest BCUT2D eigenvalue weighted by atomic mass is 10.0. The number of ether oxygens (including phenoxy) is 2. The van der Waals surface area contributed by atoms with Gasteiger partial charge in [-0.15, -0.1) is 4.98 Å². The first-order chi connectivity index (χ1) is 9.10. The van der Waals surface area contributed by atoms with Crippen LogP contribution >= 0.6 is 0 Å². The van der Waals surface area contributed by atoms with Crippen LogP contribution in [0, 0.1) is 5.92 Å². The molecule has 0 saturated heterocycles. The van der Waals surface area contributed by atoms with Crippen molar-refractivity contribution in [2.75, 3.05) is 20.8 Å². The predicted octanol–water partition coefficient (Wildman–Crippen LogP) is 1.46. The number of nitrogens with zero attached hydrogens (tertiary/aromatic N) is 3. The molecule has 0 amide bonds. The number of rotatable bonds is 8. The molecule has 0 fully saturated rings. The second-order valence-corrected chi connectivity index (χ2v) is 4.73. The highest BCUT2D eigenvalue weighted by Crippen LogP contribution is 2.13. The summed E-state index contributed by atoms with van der Waals surface area (Å²) in [6.45, 7) is 7.51. The van der Waals surface area contributed by atoms with Crippen LogP contribution in [0.25, 0.3) is 0 Å². The standard InChI is InChI=1S/C13H24N4O2/c1-6-7-14-10(9(2)3)8-11-15-12(18-4)17-13(16-11)19-5/h9-10,14H,6-8H2,1-5H3. The van der Waals surface area contributed by atoms with Crippen LogP contribution in [-0.2, 0) is 6.42 Å². The minimum absolute atomic E-state index is 0.292. The first kappa shape index (κ1) is 15.6. The smallest absolute Gasteiger partial charge is 0.322 e. The molecule has 6 heteroatoms. The lowest BCUT2D eigenvalue weighted by Crippen LogP contribution is -2.36. The van der Waals surface area contributed by atoms with Crippen LogP contribution in [0.15, 0.2) is 0 Å². The minimum Gasteiger partial charge on any atom is -0.467 e. The van der Waals surface area contributed by atoms with Crippen molar-refractivity contribution in [2.45, 2.75) is 39.7 Å². The van der Waals surface area contributed by atoms with Gasteiger partial charge in [0.15, 0.2) is 0 Å². The van der Waals surface area contributed by atoms with E-state index >= 15 is 0 Å². The highest BCUT2D eigenvalue weighted by Gasteiger charge is 2.16. The number of hydrogen-bond acceptors (Lipinski definition) is 6. The van der Waals surface area contributed by atoms with E-state index < -0.39 is 0 Å². The van der Waals surface area contributed by atoms with E-state index in [0.29, 0.717) is 29.8 Å². The Hall–Kier alpha value is -1.43. The van der Waals surface area contributed by atoms with E-state index in [1.54, 1.807) is 0 Å². The summed E-state index contributed by atoms with van der Waals surface area (Å²) in [6, 6.07) is 0.913. The molecule has 6 nitrogen and oxygen atoms in total. The summed E-state index contributed by atoms with van der Waals surface area (Å²) >= 11 is 0. The van der Waals surface area contributed by atoms with Crippen LogP contribution < -0.4 is 14.8 Å². The predicted molar refractivity (Wildman–Crippen MR) is 73.6 cm³/mol. The fourth-order valence-electron chi connectivity index (χ4n) is 1.72. The number of nitrogens with one attached hydrogen (secondary N) is 1. The molecule has 1 atom stereocenters. The molecule has 1 aromatic rings. The molecule has 0 aliphatic rings. The first-order valence-electron chi connectivity index (χ1n) is 6.67. The molecule has 1 unspecified atom stereocenters. The molecule has 108 valence electrons. The van der Waals surface area contributed by atoms with Crippen LogP contribution in [-0.4, -0.2) is 41.8 Å². The van der Waals surface area contributed by atoms with Crippen molar-refractivity contribution >= 4 is 0 Å². The lowest BCUT2D eigenvalue weighted by Gasteiger charge is -2.21. The van der Waals surface area contributed by atoms with Crippen LogP contribution in [0.1, 0.15) is 33.0 Å². The van der Waals surface area contributed by atoms with Gasteiger partial charge in [-0.1, -0.05) is 20.8 Å². The van der Waals surface area contributed by atoms with Crippen molar-refractivity contribution < 1.29 is 9.47 Å². The van der Waals surface area contributed by atoms with Gasteiger partial charge in [0, 0.05) is 12.5 Å². The molecule has 0 aliphatic heterocycles. The second kappa shape index (κ2) is 7.89. The second-order valence-electron chi connectivity index (χ2n) is 4.73. The number of hydrogen-bond donors (Lipinski definition) is 1. The SMILES string of the molecule is CCCNC(Cc1nc(OC)nc(OC)n1)C(C)C. The zero-order chi connectivity index (χ0) is 14.3. The molecular weight excluding hydrogens is 244 g/mol. The van der Waals surface area contributed by atoms with Gasteiger partial charge in [0.1, 0.15) is 5.82 Å². The van der Waals surface area contributed by atoms with E-state index in [2.05, 4.69) is 41.0 Å². The molecule has 0 aliphatic carbocycles. The summed E-state index contributed by atoms with van der Waals surface area (Å²) in [7, 11) is 3.07. The summed E-state index contributed by atoms with van der Waals surface area (Å²) in [5.74, 6) is 1.19. The number of methoxy groups -OCH3 is 2.